The zero-order valence-corrected chi connectivity index (χ0v) is 36.3. The molecule has 5 N–H and O–H groups in total. The van der Waals surface area contributed by atoms with Gasteiger partial charge in [-0.25, -0.2) is 4.79 Å². The lowest BCUT2D eigenvalue weighted by Gasteiger charge is -2.36. The van der Waals surface area contributed by atoms with Gasteiger partial charge in [0.25, 0.3) is 0 Å². The first-order valence-electron chi connectivity index (χ1n) is 20.7. The van der Waals surface area contributed by atoms with E-state index in [0.29, 0.717) is 77.5 Å². The number of hydrogen-bond donors (Lipinski definition) is 4. The number of nitrogens with two attached hydrogens (primary N) is 1. The van der Waals surface area contributed by atoms with Crippen LogP contribution in [0.3, 0.4) is 0 Å². The van der Waals surface area contributed by atoms with E-state index in [1.807, 2.05) is 68.4 Å². The Hall–Kier alpha value is -4.72. The van der Waals surface area contributed by atoms with Gasteiger partial charge in [-0.1, -0.05) is 105 Å². The van der Waals surface area contributed by atoms with Crippen LogP contribution in [0, 0.1) is 0 Å². The highest BCUT2D eigenvalue weighted by atomic mass is 32.2. The molecule has 3 amide bonds. The minimum atomic E-state index is -1.07. The van der Waals surface area contributed by atoms with Crippen LogP contribution in [0.1, 0.15) is 96.3 Å². The second-order valence-corrected chi connectivity index (χ2v) is 16.3. The zero-order chi connectivity index (χ0) is 42.9. The van der Waals surface area contributed by atoms with Crippen molar-refractivity contribution in [2.75, 3.05) is 45.3 Å². The number of carbonyl (C=O) groups excluding carboxylic acids is 4. The molecule has 3 aromatic carbocycles. The maximum atomic E-state index is 14.4. The van der Waals surface area contributed by atoms with E-state index in [4.69, 9.17) is 19.9 Å². The average molecular weight is 832 g/mol. The van der Waals surface area contributed by atoms with Gasteiger partial charge < -0.3 is 35.9 Å². The van der Waals surface area contributed by atoms with Crippen LogP contribution >= 0.6 is 11.8 Å². The molecule has 0 fully saturated rings. The molecule has 13 heteroatoms. The van der Waals surface area contributed by atoms with Crippen LogP contribution in [0.25, 0.3) is 0 Å². The Morgan fingerprint density at radius 3 is 1.81 bits per heavy atom. The number of ketones is 1. The molecule has 0 aliphatic rings. The summed E-state index contributed by atoms with van der Waals surface area (Å²) in [5.74, 6) is 0.0270. The largest absolute Gasteiger partial charge is 0.444 e. The summed E-state index contributed by atoms with van der Waals surface area (Å²) < 4.78 is 16.1. The molecule has 0 aliphatic heterocycles. The summed E-state index contributed by atoms with van der Waals surface area (Å²) in [7, 11) is 0. The van der Waals surface area contributed by atoms with Crippen LogP contribution in [0.4, 0.5) is 4.79 Å². The Balaban J connectivity index is 1.80. The fourth-order valence-electron chi connectivity index (χ4n) is 6.25. The Morgan fingerprint density at radius 2 is 1.29 bits per heavy atom. The number of amidine groups is 1. The number of alkyl carbamates (subject to hydrolysis) is 1. The normalized spacial score (nSPS) is 12.9. The summed E-state index contributed by atoms with van der Waals surface area (Å²) in [5.41, 5.74) is 8.14. The van der Waals surface area contributed by atoms with Crippen LogP contribution in [0.5, 0.6) is 0 Å². The first-order valence-corrected chi connectivity index (χ1v) is 21.7. The van der Waals surface area contributed by atoms with Gasteiger partial charge in [0, 0.05) is 44.7 Å². The van der Waals surface area contributed by atoms with E-state index >= 15 is 0 Å². The van der Waals surface area contributed by atoms with E-state index in [0.717, 1.165) is 23.1 Å². The van der Waals surface area contributed by atoms with E-state index in [-0.39, 0.29) is 23.9 Å². The fourth-order valence-corrected chi connectivity index (χ4v) is 7.81. The SMILES string of the molecule is CCCC(=O)NCCOCCOCCCC(=O)[C@H](CCCN=C(N)CC)NC(=O)[C@H](CSC(c1ccccc1)(c1ccccc1)c1ccccc1)NC(=O)OC(C)(C)C. The highest BCUT2D eigenvalue weighted by molar-refractivity contribution is 8.00. The molecule has 0 saturated carbocycles. The summed E-state index contributed by atoms with van der Waals surface area (Å²) in [4.78, 5) is 57.5. The summed E-state index contributed by atoms with van der Waals surface area (Å²) in [6.07, 6.45) is 2.64. The van der Waals surface area contributed by atoms with E-state index < -0.39 is 34.4 Å². The summed E-state index contributed by atoms with van der Waals surface area (Å²) in [5, 5.41) is 8.63. The molecule has 0 radical (unpaired) electrons. The minimum Gasteiger partial charge on any atom is -0.444 e. The van der Waals surface area contributed by atoms with Gasteiger partial charge in [-0.2, -0.15) is 0 Å². The Morgan fingerprint density at radius 1 is 0.729 bits per heavy atom. The van der Waals surface area contributed by atoms with Crippen LogP contribution in [-0.2, 0) is 33.3 Å². The van der Waals surface area contributed by atoms with Crippen LogP contribution in [0.15, 0.2) is 96.0 Å². The lowest BCUT2D eigenvalue weighted by molar-refractivity contribution is -0.129. The number of nitrogens with zero attached hydrogens (tertiary/aromatic N) is 1. The van der Waals surface area contributed by atoms with Crippen LogP contribution < -0.4 is 21.7 Å². The number of aliphatic imine (C=N–C) groups is 1. The highest BCUT2D eigenvalue weighted by Crippen LogP contribution is 2.48. The van der Waals surface area contributed by atoms with E-state index in [9.17, 15) is 19.2 Å². The maximum absolute atomic E-state index is 14.4. The molecule has 0 aromatic heterocycles. The number of nitrogens with one attached hydrogen (secondary N) is 3. The van der Waals surface area contributed by atoms with Crippen molar-refractivity contribution in [3.63, 3.8) is 0 Å². The third-order valence-corrected chi connectivity index (χ3v) is 10.8. The molecule has 0 aliphatic carbocycles. The lowest BCUT2D eigenvalue weighted by atomic mass is 9.84. The number of rotatable bonds is 27. The van der Waals surface area contributed by atoms with Crippen molar-refractivity contribution in [1.29, 1.82) is 0 Å². The van der Waals surface area contributed by atoms with Crippen LogP contribution in [-0.4, -0.2) is 92.5 Å². The van der Waals surface area contributed by atoms with E-state index in [1.165, 1.54) is 11.8 Å². The number of Topliss-reactive ketones (excluding diaryl/α,β-unsaturated/α-hetero) is 1. The van der Waals surface area contributed by atoms with Gasteiger partial charge in [0.1, 0.15) is 11.6 Å². The fraction of sp³-hybridized carbons (Fsp3) is 0.500. The number of benzene rings is 3. The van der Waals surface area contributed by atoms with Gasteiger partial charge in [-0.05, 0) is 63.1 Å². The third-order valence-electron chi connectivity index (χ3n) is 9.18. The van der Waals surface area contributed by atoms with Gasteiger partial charge in [0.05, 0.1) is 36.4 Å². The maximum Gasteiger partial charge on any atom is 0.408 e. The number of hydrogen-bond acceptors (Lipinski definition) is 9. The molecular weight excluding hydrogens is 767 g/mol. The average Bonchev–Trinajstić information content (AvgIpc) is 3.22. The van der Waals surface area contributed by atoms with E-state index in [2.05, 4.69) is 57.3 Å². The van der Waals surface area contributed by atoms with E-state index in [1.54, 1.807) is 20.8 Å². The Kier molecular flexibility index (Phi) is 21.8. The first kappa shape index (κ1) is 48.6. The molecule has 3 aromatic rings. The monoisotopic (exact) mass is 831 g/mol. The van der Waals surface area contributed by atoms with Crippen molar-refractivity contribution in [3.8, 4) is 0 Å². The number of ether oxygens (including phenoxy) is 3. The standard InChI is InChI=1S/C46H65N5O7S/c1-6-19-42(53)49-29-31-57-33-32-56-30-18-27-40(52)38(26-17-28-48-41(47)7-2)50-43(54)39(51-44(55)58-45(3,4)5)34-59-46(35-20-11-8-12-21-35,36-22-13-9-14-23-36)37-24-15-10-16-25-37/h8-16,20-25,38-39H,6-7,17-19,26-34H2,1-5H3,(H2,47,48)(H,49,53)(H,50,54)(H,51,55)/t38-,39-/m0/s1. The number of carbonyl (C=O) groups is 4. The van der Waals surface area contributed by atoms with Crippen LogP contribution in [0.2, 0.25) is 0 Å². The van der Waals surface area contributed by atoms with Crippen molar-refractivity contribution >= 4 is 41.3 Å². The predicted molar refractivity (Wildman–Crippen MR) is 237 cm³/mol. The molecule has 322 valence electrons. The predicted octanol–water partition coefficient (Wildman–Crippen LogP) is 6.94. The van der Waals surface area contributed by atoms with Gasteiger partial charge in [-0.15, -0.1) is 11.8 Å². The lowest BCUT2D eigenvalue weighted by Crippen LogP contribution is -2.53. The second kappa shape index (κ2) is 26.4. The Labute approximate surface area is 355 Å². The van der Waals surface area contributed by atoms with Gasteiger partial charge in [0.2, 0.25) is 11.8 Å². The minimum absolute atomic E-state index is 0.00856. The molecular formula is C46H65N5O7S. The quantitative estimate of drug-likeness (QED) is 0.0275. The molecule has 0 unspecified atom stereocenters. The van der Waals surface area contributed by atoms with Crippen molar-refractivity contribution < 1.29 is 33.4 Å². The molecule has 59 heavy (non-hydrogen) atoms. The first-order chi connectivity index (χ1) is 28.4. The molecule has 3 rings (SSSR count). The van der Waals surface area contributed by atoms with Crippen molar-refractivity contribution in [2.45, 2.75) is 102 Å². The molecule has 0 spiro atoms. The summed E-state index contributed by atoms with van der Waals surface area (Å²) >= 11 is 1.52. The molecule has 12 nitrogen and oxygen atoms in total. The second-order valence-electron chi connectivity index (χ2n) is 15.1. The highest BCUT2D eigenvalue weighted by Gasteiger charge is 2.39. The summed E-state index contributed by atoms with van der Waals surface area (Å²) in [6.45, 7) is 11.4. The smallest absolute Gasteiger partial charge is 0.408 e. The third kappa shape index (κ3) is 17.6. The van der Waals surface area contributed by atoms with Crippen molar-refractivity contribution in [3.05, 3.63) is 108 Å². The number of amides is 3. The zero-order valence-electron chi connectivity index (χ0n) is 35.5. The molecule has 0 saturated heterocycles. The topological polar surface area (TPSA) is 170 Å². The number of thioether (sulfide) groups is 1. The van der Waals surface area contributed by atoms with Gasteiger partial charge in [-0.3, -0.25) is 19.4 Å². The molecule has 0 bridgehead atoms. The summed E-state index contributed by atoms with van der Waals surface area (Å²) in [6, 6.07) is 28.4. The Bertz CT molecular complexity index is 1630. The molecule has 0 heterocycles. The molecule has 2 atom stereocenters. The van der Waals surface area contributed by atoms with Gasteiger partial charge >= 0.3 is 6.09 Å². The van der Waals surface area contributed by atoms with Gasteiger partial charge in [0.15, 0.2) is 5.78 Å². The van der Waals surface area contributed by atoms with Crippen molar-refractivity contribution in [1.82, 2.24) is 16.0 Å². The van der Waals surface area contributed by atoms with Crippen molar-refractivity contribution in [2.24, 2.45) is 10.7 Å².